The normalized spacial score (nSPS) is 11.4. The van der Waals surface area contributed by atoms with Crippen LogP contribution in [0.25, 0.3) is 16.7 Å². The lowest BCUT2D eigenvalue weighted by atomic mass is 10.3. The van der Waals surface area contributed by atoms with Crippen LogP contribution in [0.2, 0.25) is 10.0 Å². The van der Waals surface area contributed by atoms with E-state index < -0.39 is 0 Å². The molecule has 0 aliphatic heterocycles. The Kier molecular flexibility index (Phi) is 1.92. The lowest BCUT2D eigenvalue weighted by molar-refractivity contribution is 1.11. The first-order valence-corrected chi connectivity index (χ1v) is 5.16. The third-order valence-electron chi connectivity index (χ3n) is 2.29. The Morgan fingerprint density at radius 1 is 1.19 bits per heavy atom. The van der Waals surface area contributed by atoms with E-state index in [9.17, 15) is 0 Å². The van der Waals surface area contributed by atoms with Gasteiger partial charge in [-0.15, -0.1) is 10.2 Å². The van der Waals surface area contributed by atoms with Crippen LogP contribution in [0.15, 0.2) is 18.5 Å². The Balaban J connectivity index is 2.59. The molecule has 7 heteroatoms. The van der Waals surface area contributed by atoms with Gasteiger partial charge in [0.1, 0.15) is 6.33 Å². The van der Waals surface area contributed by atoms with Crippen molar-refractivity contribution in [3.63, 3.8) is 0 Å². The van der Waals surface area contributed by atoms with Crippen LogP contribution in [-0.2, 0) is 0 Å². The van der Waals surface area contributed by atoms with Crippen molar-refractivity contribution in [2.75, 3.05) is 5.73 Å². The maximum Gasteiger partial charge on any atom is 0.203 e. The maximum atomic E-state index is 5.95. The molecular weight excluding hydrogens is 249 g/mol. The van der Waals surface area contributed by atoms with Crippen molar-refractivity contribution in [1.82, 2.24) is 19.6 Å². The minimum Gasteiger partial charge on any atom is -0.381 e. The molecule has 0 saturated carbocycles. The monoisotopic (exact) mass is 253 g/mol. The lowest BCUT2D eigenvalue weighted by Gasteiger charge is -2.04. The number of benzene rings is 1. The molecule has 2 N–H and O–H groups in total. The molecule has 3 aromatic rings. The molecule has 0 spiro atoms. The molecule has 80 valence electrons. The fraction of sp³-hybridized carbons (Fsp3) is 0. The molecule has 0 amide bonds. The summed E-state index contributed by atoms with van der Waals surface area (Å²) in [7, 11) is 0. The van der Waals surface area contributed by atoms with Crippen LogP contribution in [0.3, 0.4) is 0 Å². The predicted molar refractivity (Wildman–Crippen MR) is 62.7 cm³/mol. The highest BCUT2D eigenvalue weighted by atomic mass is 35.5. The molecule has 2 aromatic heterocycles. The summed E-state index contributed by atoms with van der Waals surface area (Å²) in [5, 5.41) is 8.54. The van der Waals surface area contributed by atoms with Crippen molar-refractivity contribution in [3.8, 4) is 0 Å². The second-order valence-corrected chi connectivity index (χ2v) is 4.09. The smallest absolute Gasteiger partial charge is 0.203 e. The summed E-state index contributed by atoms with van der Waals surface area (Å²) in [5.74, 6) is 0.309. The van der Waals surface area contributed by atoms with Gasteiger partial charge in [0.25, 0.3) is 0 Å². The number of fused-ring (bicyclic) bond motifs is 3. The Morgan fingerprint density at radius 2 is 1.94 bits per heavy atom. The van der Waals surface area contributed by atoms with Crippen molar-refractivity contribution < 1.29 is 0 Å². The van der Waals surface area contributed by atoms with E-state index in [1.807, 2.05) is 0 Å². The van der Waals surface area contributed by atoms with Crippen LogP contribution in [0.4, 0.5) is 5.82 Å². The number of halogens is 2. The summed E-state index contributed by atoms with van der Waals surface area (Å²) >= 11 is 11.9. The first-order valence-electron chi connectivity index (χ1n) is 4.41. The molecular formula is C9H5Cl2N5. The van der Waals surface area contributed by atoms with Crippen LogP contribution in [0.1, 0.15) is 0 Å². The highest BCUT2D eigenvalue weighted by molar-refractivity contribution is 6.42. The summed E-state index contributed by atoms with van der Waals surface area (Å²) in [6.45, 7) is 0. The van der Waals surface area contributed by atoms with E-state index in [0.29, 0.717) is 27.0 Å². The largest absolute Gasteiger partial charge is 0.381 e. The zero-order valence-electron chi connectivity index (χ0n) is 7.85. The van der Waals surface area contributed by atoms with E-state index in [2.05, 4.69) is 15.2 Å². The molecule has 3 rings (SSSR count). The molecule has 0 aliphatic rings. The second kappa shape index (κ2) is 3.20. The molecule has 0 atom stereocenters. The summed E-state index contributed by atoms with van der Waals surface area (Å²) in [4.78, 5) is 4.19. The van der Waals surface area contributed by atoms with E-state index in [1.54, 1.807) is 22.9 Å². The number of nitrogen functional groups attached to an aromatic ring is 1. The van der Waals surface area contributed by atoms with Gasteiger partial charge >= 0.3 is 0 Å². The summed E-state index contributed by atoms with van der Waals surface area (Å²) in [6, 6.07) is 3.37. The Labute approximate surface area is 99.8 Å². The quantitative estimate of drug-likeness (QED) is 0.667. The molecule has 0 bridgehead atoms. The van der Waals surface area contributed by atoms with Gasteiger partial charge in [-0.2, -0.15) is 0 Å². The third-order valence-corrected chi connectivity index (χ3v) is 3.02. The van der Waals surface area contributed by atoms with Gasteiger partial charge in [-0.3, -0.25) is 4.40 Å². The molecule has 0 unspecified atom stereocenters. The van der Waals surface area contributed by atoms with Crippen LogP contribution < -0.4 is 5.73 Å². The van der Waals surface area contributed by atoms with E-state index in [-0.39, 0.29) is 0 Å². The van der Waals surface area contributed by atoms with Crippen LogP contribution in [-0.4, -0.2) is 19.6 Å². The fourth-order valence-corrected chi connectivity index (χ4v) is 1.89. The number of nitrogens with zero attached hydrogens (tertiary/aromatic N) is 4. The Bertz CT molecular complexity index is 706. The van der Waals surface area contributed by atoms with Crippen molar-refractivity contribution in [2.24, 2.45) is 0 Å². The van der Waals surface area contributed by atoms with Crippen molar-refractivity contribution in [2.45, 2.75) is 0 Å². The topological polar surface area (TPSA) is 69.1 Å². The van der Waals surface area contributed by atoms with Gasteiger partial charge in [0, 0.05) is 0 Å². The summed E-state index contributed by atoms with van der Waals surface area (Å²) in [5.41, 5.74) is 7.67. The number of nitrogens with two attached hydrogens (primary N) is 1. The molecule has 0 saturated heterocycles. The zero-order valence-corrected chi connectivity index (χ0v) is 9.37. The Morgan fingerprint density at radius 3 is 2.75 bits per heavy atom. The van der Waals surface area contributed by atoms with E-state index >= 15 is 0 Å². The fourth-order valence-electron chi connectivity index (χ4n) is 1.57. The van der Waals surface area contributed by atoms with E-state index in [4.69, 9.17) is 28.9 Å². The maximum absolute atomic E-state index is 5.95. The van der Waals surface area contributed by atoms with Crippen LogP contribution >= 0.6 is 23.2 Å². The van der Waals surface area contributed by atoms with Gasteiger partial charge in [-0.25, -0.2) is 4.98 Å². The average molecular weight is 254 g/mol. The molecule has 2 heterocycles. The number of anilines is 1. The van der Waals surface area contributed by atoms with Gasteiger partial charge < -0.3 is 5.73 Å². The highest BCUT2D eigenvalue weighted by Crippen LogP contribution is 2.28. The molecule has 16 heavy (non-hydrogen) atoms. The average Bonchev–Trinajstić information content (AvgIpc) is 2.71. The minimum atomic E-state index is 0.309. The first-order chi connectivity index (χ1) is 7.66. The van der Waals surface area contributed by atoms with Crippen molar-refractivity contribution in [3.05, 3.63) is 28.5 Å². The second-order valence-electron chi connectivity index (χ2n) is 3.28. The van der Waals surface area contributed by atoms with Gasteiger partial charge in [0.05, 0.1) is 21.1 Å². The predicted octanol–water partition coefficient (Wildman–Crippen LogP) is 2.17. The number of aromatic nitrogens is 4. The highest BCUT2D eigenvalue weighted by Gasteiger charge is 2.09. The van der Waals surface area contributed by atoms with Gasteiger partial charge in [0.15, 0.2) is 5.82 Å². The lowest BCUT2D eigenvalue weighted by Crippen LogP contribution is -1.98. The Hall–Kier alpha value is -1.59. The SMILES string of the molecule is Nc1nc2cc(Cl)c(Cl)cc2n2cnnc12. The van der Waals surface area contributed by atoms with Crippen LogP contribution in [0.5, 0.6) is 0 Å². The summed E-state index contributed by atoms with van der Waals surface area (Å²) in [6.07, 6.45) is 1.56. The molecule has 1 aromatic carbocycles. The molecule has 5 nitrogen and oxygen atoms in total. The number of rotatable bonds is 0. The molecule has 0 radical (unpaired) electrons. The number of hydrogen-bond acceptors (Lipinski definition) is 4. The third kappa shape index (κ3) is 1.22. The van der Waals surface area contributed by atoms with E-state index in [1.165, 1.54) is 0 Å². The van der Waals surface area contributed by atoms with Gasteiger partial charge in [-0.1, -0.05) is 23.2 Å². The van der Waals surface area contributed by atoms with Crippen molar-refractivity contribution in [1.29, 1.82) is 0 Å². The van der Waals surface area contributed by atoms with Crippen molar-refractivity contribution >= 4 is 45.7 Å². The first kappa shape index (κ1) is 9.62. The minimum absolute atomic E-state index is 0.309. The van der Waals surface area contributed by atoms with Gasteiger partial charge in [-0.05, 0) is 12.1 Å². The molecule has 0 aliphatic carbocycles. The van der Waals surface area contributed by atoms with E-state index in [0.717, 1.165) is 5.52 Å². The van der Waals surface area contributed by atoms with Crippen LogP contribution in [0, 0.1) is 0 Å². The summed E-state index contributed by atoms with van der Waals surface area (Å²) < 4.78 is 1.72. The molecule has 0 fully saturated rings. The number of hydrogen-bond donors (Lipinski definition) is 1. The van der Waals surface area contributed by atoms with Gasteiger partial charge in [0.2, 0.25) is 5.65 Å². The zero-order chi connectivity index (χ0) is 11.3. The standard InChI is InChI=1S/C9H5Cl2N5/c10-4-1-6-7(2-5(4)11)16-3-13-15-9(16)8(12)14-6/h1-3H,(H2,12,14).